The van der Waals surface area contributed by atoms with Crippen LogP contribution in [0.4, 0.5) is 0 Å². The summed E-state index contributed by atoms with van der Waals surface area (Å²) in [7, 11) is -1.76. The highest BCUT2D eigenvalue weighted by Crippen LogP contribution is 2.42. The first-order valence-electron chi connectivity index (χ1n) is 7.92. The van der Waals surface area contributed by atoms with E-state index in [0.29, 0.717) is 17.2 Å². The lowest BCUT2D eigenvalue weighted by molar-refractivity contribution is 0.416. The molecule has 1 aromatic heterocycles. The smallest absolute Gasteiger partial charge is 0.209 e. The van der Waals surface area contributed by atoms with Gasteiger partial charge in [-0.25, -0.2) is 13.1 Å². The van der Waals surface area contributed by atoms with E-state index in [2.05, 4.69) is 15.8 Å². The molecule has 25 heavy (non-hydrogen) atoms. The zero-order valence-corrected chi connectivity index (χ0v) is 14.9. The van der Waals surface area contributed by atoms with Gasteiger partial charge in [0.15, 0.2) is 0 Å². The van der Waals surface area contributed by atoms with Gasteiger partial charge in [-0.1, -0.05) is 0 Å². The predicted molar refractivity (Wildman–Crippen MR) is 94.4 cm³/mol. The molecule has 0 aliphatic heterocycles. The molecule has 2 aromatic rings. The highest BCUT2D eigenvalue weighted by atomic mass is 32.2. The summed E-state index contributed by atoms with van der Waals surface area (Å²) in [4.78, 5) is 4.28. The van der Waals surface area contributed by atoms with Crippen LogP contribution in [0, 0.1) is 17.2 Å². The summed E-state index contributed by atoms with van der Waals surface area (Å²) in [5.74, 6) is 0.881. The molecular weight excluding hydrogens is 338 g/mol. The van der Waals surface area contributed by atoms with Crippen LogP contribution in [0.5, 0.6) is 5.75 Å². The van der Waals surface area contributed by atoms with E-state index in [1.165, 1.54) is 6.26 Å². The Bertz CT molecular complexity index is 931. The Hall–Kier alpha value is -2.43. The van der Waals surface area contributed by atoms with Gasteiger partial charge in [0.25, 0.3) is 0 Å². The SMILES string of the molecule is COc1cc(C#N)ccc1-c1cncc(C(NS(C)(=O)=O)C2CC2)c1. The van der Waals surface area contributed by atoms with Gasteiger partial charge in [-0.15, -0.1) is 0 Å². The molecule has 6 nitrogen and oxygen atoms in total. The molecule has 1 N–H and O–H groups in total. The summed E-state index contributed by atoms with van der Waals surface area (Å²) in [5.41, 5.74) is 2.97. The van der Waals surface area contributed by atoms with Crippen molar-refractivity contribution in [2.75, 3.05) is 13.4 Å². The Morgan fingerprint density at radius 1 is 1.32 bits per heavy atom. The lowest BCUT2D eigenvalue weighted by Crippen LogP contribution is -2.28. The van der Waals surface area contributed by atoms with E-state index in [-0.39, 0.29) is 6.04 Å². The third-order valence-corrected chi connectivity index (χ3v) is 4.88. The Labute approximate surface area is 147 Å². The fraction of sp³-hybridized carbons (Fsp3) is 0.333. The highest BCUT2D eigenvalue weighted by Gasteiger charge is 2.34. The number of sulfonamides is 1. The van der Waals surface area contributed by atoms with Gasteiger partial charge in [0.05, 0.1) is 31.0 Å². The fourth-order valence-corrected chi connectivity index (χ4v) is 3.66. The minimum atomic E-state index is -3.31. The topological polar surface area (TPSA) is 92.1 Å². The predicted octanol–water partition coefficient (Wildman–Crippen LogP) is 2.63. The number of hydrogen-bond acceptors (Lipinski definition) is 5. The summed E-state index contributed by atoms with van der Waals surface area (Å²) >= 11 is 0. The minimum Gasteiger partial charge on any atom is -0.496 e. The van der Waals surface area contributed by atoms with Crippen molar-refractivity contribution in [3.8, 4) is 22.9 Å². The maximum absolute atomic E-state index is 11.7. The molecule has 1 atom stereocenters. The monoisotopic (exact) mass is 357 g/mol. The maximum Gasteiger partial charge on any atom is 0.209 e. The molecule has 0 radical (unpaired) electrons. The van der Waals surface area contributed by atoms with E-state index < -0.39 is 10.0 Å². The number of nitriles is 1. The average molecular weight is 357 g/mol. The van der Waals surface area contributed by atoms with Crippen LogP contribution in [-0.4, -0.2) is 26.8 Å². The summed E-state index contributed by atoms with van der Waals surface area (Å²) in [6.45, 7) is 0. The first-order valence-corrected chi connectivity index (χ1v) is 9.81. The van der Waals surface area contributed by atoms with Gasteiger partial charge in [-0.2, -0.15) is 5.26 Å². The molecule has 1 aromatic carbocycles. The van der Waals surface area contributed by atoms with Gasteiger partial charge >= 0.3 is 0 Å². The van der Waals surface area contributed by atoms with E-state index in [9.17, 15) is 8.42 Å². The van der Waals surface area contributed by atoms with E-state index in [1.807, 2.05) is 12.1 Å². The molecule has 1 aliphatic carbocycles. The summed E-state index contributed by atoms with van der Waals surface area (Å²) in [6.07, 6.45) is 6.57. The molecule has 0 spiro atoms. The quantitative estimate of drug-likeness (QED) is 0.858. The summed E-state index contributed by atoms with van der Waals surface area (Å²) in [6, 6.07) is 8.95. The maximum atomic E-state index is 11.7. The lowest BCUT2D eigenvalue weighted by atomic mass is 9.99. The van der Waals surface area contributed by atoms with Crippen molar-refractivity contribution >= 4 is 10.0 Å². The molecule has 1 unspecified atom stereocenters. The van der Waals surface area contributed by atoms with Crippen LogP contribution >= 0.6 is 0 Å². The van der Waals surface area contributed by atoms with Crippen molar-refractivity contribution in [2.24, 2.45) is 5.92 Å². The number of aromatic nitrogens is 1. The molecular formula is C18H19N3O3S. The van der Waals surface area contributed by atoms with E-state index in [4.69, 9.17) is 10.00 Å². The number of rotatable bonds is 6. The molecule has 1 aliphatic rings. The van der Waals surface area contributed by atoms with Gasteiger partial charge < -0.3 is 4.74 Å². The second kappa shape index (κ2) is 6.82. The first-order chi connectivity index (χ1) is 11.9. The number of hydrogen-bond donors (Lipinski definition) is 1. The van der Waals surface area contributed by atoms with Crippen LogP contribution < -0.4 is 9.46 Å². The second-order valence-electron chi connectivity index (χ2n) is 6.24. The van der Waals surface area contributed by atoms with Crippen LogP contribution in [0.25, 0.3) is 11.1 Å². The molecule has 1 heterocycles. The second-order valence-corrected chi connectivity index (χ2v) is 8.02. The molecule has 7 heteroatoms. The van der Waals surface area contributed by atoms with Crippen molar-refractivity contribution in [3.05, 3.63) is 47.8 Å². The number of methoxy groups -OCH3 is 1. The normalized spacial score (nSPS) is 15.4. The lowest BCUT2D eigenvalue weighted by Gasteiger charge is -2.18. The van der Waals surface area contributed by atoms with Crippen molar-refractivity contribution in [1.29, 1.82) is 5.26 Å². The summed E-state index contributed by atoms with van der Waals surface area (Å²) in [5, 5.41) is 9.03. The van der Waals surface area contributed by atoms with Gasteiger partial charge in [0.2, 0.25) is 10.0 Å². The van der Waals surface area contributed by atoms with E-state index in [1.54, 1.807) is 31.6 Å². The Morgan fingerprint density at radius 3 is 2.68 bits per heavy atom. The third kappa shape index (κ3) is 4.16. The highest BCUT2D eigenvalue weighted by molar-refractivity contribution is 7.88. The van der Waals surface area contributed by atoms with E-state index in [0.717, 1.165) is 29.5 Å². The Morgan fingerprint density at radius 2 is 2.08 bits per heavy atom. The minimum absolute atomic E-state index is 0.271. The van der Waals surface area contributed by atoms with Gasteiger partial charge in [0, 0.05) is 23.5 Å². The van der Waals surface area contributed by atoms with Crippen LogP contribution in [0.1, 0.15) is 30.0 Å². The van der Waals surface area contributed by atoms with Crippen LogP contribution in [-0.2, 0) is 10.0 Å². The molecule has 1 fully saturated rings. The van der Waals surface area contributed by atoms with Crippen LogP contribution in [0.15, 0.2) is 36.7 Å². The summed E-state index contributed by atoms with van der Waals surface area (Å²) < 4.78 is 31.5. The molecule has 1 saturated carbocycles. The van der Waals surface area contributed by atoms with Crippen molar-refractivity contribution in [3.63, 3.8) is 0 Å². The van der Waals surface area contributed by atoms with Crippen LogP contribution in [0.2, 0.25) is 0 Å². The standard InChI is InChI=1S/C18H19N3O3S/c1-24-17-7-12(9-19)3-6-16(17)14-8-15(11-20-10-14)18(13-4-5-13)21-25(2,22)23/h3,6-8,10-11,13,18,21H,4-5H2,1-2H3. The van der Waals surface area contributed by atoms with Gasteiger partial charge in [-0.05, 0) is 48.6 Å². The van der Waals surface area contributed by atoms with E-state index >= 15 is 0 Å². The number of nitrogens with one attached hydrogen (secondary N) is 1. The Balaban J connectivity index is 2.00. The zero-order valence-electron chi connectivity index (χ0n) is 14.1. The molecule has 130 valence electrons. The molecule has 0 saturated heterocycles. The number of ether oxygens (including phenoxy) is 1. The van der Waals surface area contributed by atoms with Crippen molar-refractivity contribution in [1.82, 2.24) is 9.71 Å². The van der Waals surface area contributed by atoms with Crippen molar-refractivity contribution < 1.29 is 13.2 Å². The third-order valence-electron chi connectivity index (χ3n) is 4.19. The largest absolute Gasteiger partial charge is 0.496 e. The van der Waals surface area contributed by atoms with Gasteiger partial charge in [-0.3, -0.25) is 4.98 Å². The number of pyridine rings is 1. The number of nitrogens with zero attached hydrogens (tertiary/aromatic N) is 2. The van der Waals surface area contributed by atoms with Crippen LogP contribution in [0.3, 0.4) is 0 Å². The van der Waals surface area contributed by atoms with Gasteiger partial charge in [0.1, 0.15) is 5.75 Å². The average Bonchev–Trinajstić information content (AvgIpc) is 3.43. The number of benzene rings is 1. The molecule has 3 rings (SSSR count). The molecule has 0 amide bonds. The molecule has 0 bridgehead atoms. The van der Waals surface area contributed by atoms with Crippen molar-refractivity contribution in [2.45, 2.75) is 18.9 Å². The first kappa shape index (κ1) is 17.4. The zero-order chi connectivity index (χ0) is 18.0. The Kier molecular flexibility index (Phi) is 4.75. The fourth-order valence-electron chi connectivity index (χ4n) is 2.87.